The molecule has 0 aromatic heterocycles. The third-order valence-corrected chi connectivity index (χ3v) is 6.73. The van der Waals surface area contributed by atoms with E-state index in [4.69, 9.17) is 34.8 Å². The van der Waals surface area contributed by atoms with Crippen molar-refractivity contribution in [3.8, 4) is 0 Å². The Morgan fingerprint density at radius 1 is 1.03 bits per heavy atom. The molecule has 0 aliphatic carbocycles. The lowest BCUT2D eigenvalue weighted by atomic mass is 10.1. The lowest BCUT2D eigenvalue weighted by Crippen LogP contribution is -2.52. The largest absolute Gasteiger partial charge is 0.350 e. The smallest absolute Gasteiger partial charge is 0.242 e. The van der Waals surface area contributed by atoms with Crippen molar-refractivity contribution >= 4 is 58.4 Å². The fraction of sp³-hybridized carbons (Fsp3) is 0.417. The molecule has 2 amide bonds. The van der Waals surface area contributed by atoms with Gasteiger partial charge >= 0.3 is 0 Å². The molecular weight excluding hydrogens is 487 g/mol. The summed E-state index contributed by atoms with van der Waals surface area (Å²) in [5.41, 5.74) is 0.229. The first kappa shape index (κ1) is 26.8. The average Bonchev–Trinajstić information content (AvgIpc) is 2.70. The van der Waals surface area contributed by atoms with Crippen molar-refractivity contribution in [2.24, 2.45) is 0 Å². The highest BCUT2D eigenvalue weighted by atomic mass is 35.5. The highest BCUT2D eigenvalue weighted by Gasteiger charge is 2.29. The number of rotatable bonds is 9. The lowest BCUT2D eigenvalue weighted by molar-refractivity contribution is -0.141. The van der Waals surface area contributed by atoms with Gasteiger partial charge in [-0.25, -0.2) is 0 Å². The van der Waals surface area contributed by atoms with Gasteiger partial charge in [0.2, 0.25) is 11.8 Å². The fourth-order valence-corrected chi connectivity index (χ4v) is 4.49. The maximum Gasteiger partial charge on any atom is 0.242 e. The number of carbonyl (C=O) groups is 2. The SMILES string of the molecule is C[C@H](C(=O)NC(C)(C)C)N(Cc1c(Cl)cccc1Cl)C(=O)CCCSc1ccc(Cl)cc1. The van der Waals surface area contributed by atoms with E-state index in [1.807, 2.05) is 45.0 Å². The van der Waals surface area contributed by atoms with Crippen molar-refractivity contribution in [3.63, 3.8) is 0 Å². The minimum absolute atomic E-state index is 0.116. The Balaban J connectivity index is 2.09. The standard InChI is InChI=1S/C24H29Cl3N2O2S/c1-16(23(31)28-24(2,3)4)29(15-19-20(26)7-5-8-21(19)27)22(30)9-6-14-32-18-12-10-17(25)11-13-18/h5,7-8,10-13,16H,6,9,14-15H2,1-4H3,(H,28,31)/t16-/m1/s1. The van der Waals surface area contributed by atoms with E-state index >= 15 is 0 Å². The summed E-state index contributed by atoms with van der Waals surface area (Å²) < 4.78 is 0. The summed E-state index contributed by atoms with van der Waals surface area (Å²) in [5.74, 6) is 0.440. The summed E-state index contributed by atoms with van der Waals surface area (Å²) in [4.78, 5) is 28.6. The summed E-state index contributed by atoms with van der Waals surface area (Å²) in [7, 11) is 0. The molecule has 2 aromatic rings. The molecule has 2 aromatic carbocycles. The summed E-state index contributed by atoms with van der Waals surface area (Å²) in [5, 5.41) is 4.58. The number of hydrogen-bond acceptors (Lipinski definition) is 3. The Kier molecular flexibility index (Phi) is 10.2. The van der Waals surface area contributed by atoms with Crippen LogP contribution in [-0.2, 0) is 16.1 Å². The normalized spacial score (nSPS) is 12.3. The number of hydrogen-bond donors (Lipinski definition) is 1. The zero-order valence-corrected chi connectivity index (χ0v) is 21.8. The van der Waals surface area contributed by atoms with Crippen molar-refractivity contribution in [2.45, 2.75) is 63.6 Å². The minimum atomic E-state index is -0.669. The van der Waals surface area contributed by atoms with Crippen LogP contribution in [0.3, 0.4) is 0 Å². The van der Waals surface area contributed by atoms with Crippen molar-refractivity contribution in [2.75, 3.05) is 5.75 Å². The Bertz CT molecular complexity index is 910. The van der Waals surface area contributed by atoms with Gasteiger partial charge in [0.25, 0.3) is 0 Å². The van der Waals surface area contributed by atoms with Crippen LogP contribution in [0.25, 0.3) is 0 Å². The zero-order chi connectivity index (χ0) is 23.9. The molecule has 0 spiro atoms. The third-order valence-electron chi connectivity index (χ3n) is 4.67. The second-order valence-corrected chi connectivity index (χ2v) is 11.0. The molecular formula is C24H29Cl3N2O2S. The van der Waals surface area contributed by atoms with Crippen LogP contribution in [0.5, 0.6) is 0 Å². The van der Waals surface area contributed by atoms with Crippen molar-refractivity contribution in [1.82, 2.24) is 10.2 Å². The predicted octanol–water partition coefficient (Wildman–Crippen LogP) is 6.85. The number of carbonyl (C=O) groups excluding carboxylic acids is 2. The Labute approximate surface area is 210 Å². The van der Waals surface area contributed by atoms with Gasteiger partial charge in [0, 0.05) is 44.0 Å². The number of nitrogens with one attached hydrogen (secondary N) is 1. The monoisotopic (exact) mass is 514 g/mol. The van der Waals surface area contributed by atoms with Crippen molar-refractivity contribution in [3.05, 3.63) is 63.1 Å². The molecule has 0 radical (unpaired) electrons. The van der Waals surface area contributed by atoms with E-state index < -0.39 is 11.6 Å². The number of nitrogens with zero attached hydrogens (tertiary/aromatic N) is 1. The number of halogens is 3. The molecule has 0 unspecified atom stereocenters. The molecule has 1 N–H and O–H groups in total. The molecule has 0 bridgehead atoms. The van der Waals surface area contributed by atoms with E-state index in [1.165, 1.54) is 0 Å². The van der Waals surface area contributed by atoms with Gasteiger partial charge in [-0.15, -0.1) is 11.8 Å². The van der Waals surface area contributed by atoms with Crippen LogP contribution in [0.1, 0.15) is 46.1 Å². The molecule has 0 fully saturated rings. The van der Waals surface area contributed by atoms with E-state index in [0.717, 1.165) is 10.6 Å². The van der Waals surface area contributed by atoms with Crippen LogP contribution in [-0.4, -0.2) is 34.0 Å². The van der Waals surface area contributed by atoms with Crippen LogP contribution in [0.15, 0.2) is 47.4 Å². The summed E-state index contributed by atoms with van der Waals surface area (Å²) >= 11 is 20.3. The second-order valence-electron chi connectivity index (χ2n) is 8.54. The number of benzene rings is 2. The Morgan fingerprint density at radius 3 is 2.19 bits per heavy atom. The van der Waals surface area contributed by atoms with Gasteiger partial charge in [-0.3, -0.25) is 9.59 Å². The summed E-state index contributed by atoms with van der Waals surface area (Å²) in [6.45, 7) is 7.61. The summed E-state index contributed by atoms with van der Waals surface area (Å²) in [6, 6.07) is 12.2. The van der Waals surface area contributed by atoms with Gasteiger partial charge < -0.3 is 10.2 Å². The second kappa shape index (κ2) is 12.2. The predicted molar refractivity (Wildman–Crippen MR) is 136 cm³/mol. The van der Waals surface area contributed by atoms with E-state index in [-0.39, 0.29) is 18.4 Å². The Hall–Kier alpha value is -1.40. The van der Waals surface area contributed by atoms with Crippen molar-refractivity contribution in [1.29, 1.82) is 0 Å². The lowest BCUT2D eigenvalue weighted by Gasteiger charge is -2.32. The first-order valence-corrected chi connectivity index (χ1v) is 12.5. The average molecular weight is 516 g/mol. The zero-order valence-electron chi connectivity index (χ0n) is 18.8. The molecule has 0 aliphatic heterocycles. The number of amides is 2. The van der Waals surface area contributed by atoms with Gasteiger partial charge in [-0.1, -0.05) is 40.9 Å². The van der Waals surface area contributed by atoms with Crippen LogP contribution in [0.4, 0.5) is 0 Å². The van der Waals surface area contributed by atoms with Crippen LogP contribution in [0.2, 0.25) is 15.1 Å². The molecule has 0 saturated heterocycles. The summed E-state index contributed by atoms with van der Waals surface area (Å²) in [6.07, 6.45) is 0.988. The maximum absolute atomic E-state index is 13.2. The van der Waals surface area contributed by atoms with E-state index in [2.05, 4.69) is 5.32 Å². The molecule has 32 heavy (non-hydrogen) atoms. The van der Waals surface area contributed by atoms with Crippen molar-refractivity contribution < 1.29 is 9.59 Å². The van der Waals surface area contributed by atoms with Gasteiger partial charge in [-0.2, -0.15) is 0 Å². The molecule has 2 rings (SSSR count). The first-order valence-electron chi connectivity index (χ1n) is 10.4. The first-order chi connectivity index (χ1) is 15.0. The van der Waals surface area contributed by atoms with Crippen LogP contribution < -0.4 is 5.32 Å². The molecule has 8 heteroatoms. The molecule has 0 heterocycles. The molecule has 174 valence electrons. The quantitative estimate of drug-likeness (QED) is 0.293. The highest BCUT2D eigenvalue weighted by Crippen LogP contribution is 2.27. The number of thioether (sulfide) groups is 1. The third kappa shape index (κ3) is 8.51. The topological polar surface area (TPSA) is 49.4 Å². The van der Waals surface area contributed by atoms with Gasteiger partial charge in [-0.05, 0) is 76.3 Å². The van der Waals surface area contributed by atoms with E-state index in [0.29, 0.717) is 33.5 Å². The Morgan fingerprint density at radius 2 is 1.62 bits per heavy atom. The van der Waals surface area contributed by atoms with Gasteiger partial charge in [0.1, 0.15) is 6.04 Å². The van der Waals surface area contributed by atoms with E-state index in [9.17, 15) is 9.59 Å². The molecule has 0 aliphatic rings. The van der Waals surface area contributed by atoms with Crippen LogP contribution in [0, 0.1) is 0 Å². The fourth-order valence-electron chi connectivity index (χ4n) is 3.00. The maximum atomic E-state index is 13.2. The van der Waals surface area contributed by atoms with Gasteiger partial charge in [0.15, 0.2) is 0 Å². The van der Waals surface area contributed by atoms with E-state index in [1.54, 1.807) is 41.8 Å². The minimum Gasteiger partial charge on any atom is -0.350 e. The highest BCUT2D eigenvalue weighted by molar-refractivity contribution is 7.99. The molecule has 0 saturated carbocycles. The molecule has 1 atom stereocenters. The van der Waals surface area contributed by atoms with Gasteiger partial charge in [0.05, 0.1) is 0 Å². The molecule has 4 nitrogen and oxygen atoms in total. The van der Waals surface area contributed by atoms with Crippen LogP contribution >= 0.6 is 46.6 Å².